The molecule has 1 fully saturated rings. The van der Waals surface area contributed by atoms with Crippen LogP contribution < -0.4 is 4.74 Å². The quantitative estimate of drug-likeness (QED) is 0.474. The maximum atomic E-state index is 13.1. The van der Waals surface area contributed by atoms with Crippen LogP contribution in [0.1, 0.15) is 35.2 Å². The van der Waals surface area contributed by atoms with Crippen LogP contribution in [0.5, 0.6) is 5.75 Å². The van der Waals surface area contributed by atoms with Gasteiger partial charge in [-0.05, 0) is 55.2 Å². The Morgan fingerprint density at radius 3 is 1.82 bits per heavy atom. The Hall–Kier alpha value is -2.82. The molecule has 4 nitrogen and oxygen atoms in total. The van der Waals surface area contributed by atoms with Crippen molar-refractivity contribution in [3.05, 3.63) is 100 Å². The van der Waals surface area contributed by atoms with Gasteiger partial charge in [0.2, 0.25) is 0 Å². The molecule has 0 radical (unpaired) electrons. The first-order valence-electron chi connectivity index (χ1n) is 11.5. The zero-order chi connectivity index (χ0) is 23.4. The number of ether oxygens (including phenoxy) is 1. The fraction of sp³-hybridized carbons (Fsp3) is 0.321. The Morgan fingerprint density at radius 2 is 1.33 bits per heavy atom. The van der Waals surface area contributed by atoms with Crippen molar-refractivity contribution in [2.45, 2.75) is 32.9 Å². The molecule has 0 spiro atoms. The number of amides is 1. The first-order valence-corrected chi connectivity index (χ1v) is 11.9. The smallest absolute Gasteiger partial charge is 0.263 e. The van der Waals surface area contributed by atoms with E-state index in [1.807, 2.05) is 49.9 Å². The van der Waals surface area contributed by atoms with Gasteiger partial charge in [-0.1, -0.05) is 72.3 Å². The number of hydrogen-bond donors (Lipinski definition) is 0. The van der Waals surface area contributed by atoms with Crippen molar-refractivity contribution in [1.29, 1.82) is 0 Å². The van der Waals surface area contributed by atoms with Gasteiger partial charge >= 0.3 is 0 Å². The Bertz CT molecular complexity index is 1020. The maximum absolute atomic E-state index is 13.1. The van der Waals surface area contributed by atoms with Crippen LogP contribution in [0.2, 0.25) is 5.02 Å². The molecule has 1 aliphatic rings. The van der Waals surface area contributed by atoms with Gasteiger partial charge < -0.3 is 9.64 Å². The van der Waals surface area contributed by atoms with Gasteiger partial charge in [0.05, 0.1) is 6.04 Å². The fourth-order valence-corrected chi connectivity index (χ4v) is 4.68. The van der Waals surface area contributed by atoms with Gasteiger partial charge in [0, 0.05) is 31.2 Å². The lowest BCUT2D eigenvalue weighted by Crippen LogP contribution is -2.52. The van der Waals surface area contributed by atoms with Crippen LogP contribution >= 0.6 is 11.6 Å². The molecule has 1 heterocycles. The van der Waals surface area contributed by atoms with Gasteiger partial charge in [-0.15, -0.1) is 0 Å². The molecule has 1 saturated heterocycles. The highest BCUT2D eigenvalue weighted by Crippen LogP contribution is 2.30. The van der Waals surface area contributed by atoms with Crippen molar-refractivity contribution in [2.75, 3.05) is 26.2 Å². The van der Waals surface area contributed by atoms with E-state index in [-0.39, 0.29) is 11.9 Å². The number of hydrogen-bond acceptors (Lipinski definition) is 3. The predicted octanol–water partition coefficient (Wildman–Crippen LogP) is 5.66. The van der Waals surface area contributed by atoms with E-state index < -0.39 is 6.10 Å². The summed E-state index contributed by atoms with van der Waals surface area (Å²) in [5.74, 6) is 0.706. The second-order valence-electron chi connectivity index (χ2n) is 8.72. The van der Waals surface area contributed by atoms with Gasteiger partial charge in [-0.3, -0.25) is 9.69 Å². The minimum absolute atomic E-state index is 0.0240. The van der Waals surface area contributed by atoms with Crippen molar-refractivity contribution in [2.24, 2.45) is 0 Å². The molecule has 1 atom stereocenters. The lowest BCUT2D eigenvalue weighted by molar-refractivity contribution is -0.140. The van der Waals surface area contributed by atoms with Crippen molar-refractivity contribution in [1.82, 2.24) is 9.80 Å². The number of benzene rings is 3. The van der Waals surface area contributed by atoms with E-state index in [1.165, 1.54) is 11.1 Å². The zero-order valence-corrected chi connectivity index (χ0v) is 20.3. The Balaban J connectivity index is 1.42. The van der Waals surface area contributed by atoms with Crippen LogP contribution in [0.25, 0.3) is 0 Å². The molecule has 3 aromatic carbocycles. The number of rotatable bonds is 6. The molecule has 33 heavy (non-hydrogen) atoms. The van der Waals surface area contributed by atoms with Gasteiger partial charge in [0.1, 0.15) is 5.75 Å². The molecule has 0 bridgehead atoms. The van der Waals surface area contributed by atoms with Gasteiger partial charge in [-0.2, -0.15) is 0 Å². The van der Waals surface area contributed by atoms with Gasteiger partial charge in [0.15, 0.2) is 6.10 Å². The van der Waals surface area contributed by atoms with Crippen LogP contribution in [0, 0.1) is 13.8 Å². The minimum atomic E-state index is -0.546. The highest BCUT2D eigenvalue weighted by atomic mass is 35.5. The second-order valence-corrected chi connectivity index (χ2v) is 9.09. The Kier molecular flexibility index (Phi) is 7.36. The molecular weight excluding hydrogens is 432 g/mol. The minimum Gasteiger partial charge on any atom is -0.481 e. The summed E-state index contributed by atoms with van der Waals surface area (Å²) in [7, 11) is 0. The van der Waals surface area contributed by atoms with Crippen LogP contribution in [0.3, 0.4) is 0 Å². The predicted molar refractivity (Wildman–Crippen MR) is 134 cm³/mol. The summed E-state index contributed by atoms with van der Waals surface area (Å²) < 4.78 is 6.00. The van der Waals surface area contributed by atoms with E-state index in [0.717, 1.165) is 29.2 Å². The number of piperazine rings is 1. The highest BCUT2D eigenvalue weighted by molar-refractivity contribution is 6.32. The molecule has 5 heteroatoms. The first-order chi connectivity index (χ1) is 15.9. The fourth-order valence-electron chi connectivity index (χ4n) is 4.57. The molecule has 0 aromatic heterocycles. The second kappa shape index (κ2) is 10.4. The summed E-state index contributed by atoms with van der Waals surface area (Å²) in [5.41, 5.74) is 4.45. The summed E-state index contributed by atoms with van der Waals surface area (Å²) in [6.07, 6.45) is -0.546. The molecule has 4 rings (SSSR count). The number of carbonyl (C=O) groups excluding carboxylic acids is 1. The van der Waals surface area contributed by atoms with Gasteiger partial charge in [-0.25, -0.2) is 0 Å². The lowest BCUT2D eigenvalue weighted by Gasteiger charge is -2.40. The van der Waals surface area contributed by atoms with Gasteiger partial charge in [0.25, 0.3) is 5.91 Å². The molecular formula is C28H31ClN2O2. The van der Waals surface area contributed by atoms with Crippen LogP contribution in [0.4, 0.5) is 0 Å². The van der Waals surface area contributed by atoms with E-state index in [2.05, 4.69) is 53.4 Å². The average molecular weight is 463 g/mol. The molecule has 172 valence electrons. The van der Waals surface area contributed by atoms with E-state index in [0.29, 0.717) is 18.8 Å². The van der Waals surface area contributed by atoms with E-state index in [1.54, 1.807) is 0 Å². The number of carbonyl (C=O) groups is 1. The van der Waals surface area contributed by atoms with Crippen LogP contribution in [-0.2, 0) is 4.79 Å². The molecule has 0 saturated carbocycles. The van der Waals surface area contributed by atoms with Crippen molar-refractivity contribution in [3.63, 3.8) is 0 Å². The summed E-state index contributed by atoms with van der Waals surface area (Å²) in [4.78, 5) is 17.5. The lowest BCUT2D eigenvalue weighted by atomic mass is 9.96. The van der Waals surface area contributed by atoms with Crippen LogP contribution in [0.15, 0.2) is 72.8 Å². The third kappa shape index (κ3) is 5.40. The largest absolute Gasteiger partial charge is 0.481 e. The third-order valence-corrected chi connectivity index (χ3v) is 6.89. The maximum Gasteiger partial charge on any atom is 0.263 e. The van der Waals surface area contributed by atoms with Crippen molar-refractivity contribution >= 4 is 17.5 Å². The summed E-state index contributed by atoms with van der Waals surface area (Å²) >= 11 is 6.26. The van der Waals surface area contributed by atoms with Crippen molar-refractivity contribution < 1.29 is 9.53 Å². The first kappa shape index (κ1) is 23.3. The third-order valence-electron chi connectivity index (χ3n) is 6.29. The number of nitrogens with zero attached hydrogens (tertiary/aromatic N) is 2. The number of halogens is 1. The molecule has 3 aromatic rings. The number of aryl methyl sites for hydroxylation is 2. The average Bonchev–Trinajstić information content (AvgIpc) is 2.84. The molecule has 1 amide bonds. The van der Waals surface area contributed by atoms with E-state index in [4.69, 9.17) is 16.3 Å². The highest BCUT2D eigenvalue weighted by Gasteiger charge is 2.30. The summed E-state index contributed by atoms with van der Waals surface area (Å²) in [5, 5.41) is 0.740. The van der Waals surface area contributed by atoms with E-state index in [9.17, 15) is 4.79 Å². The van der Waals surface area contributed by atoms with Crippen LogP contribution in [-0.4, -0.2) is 48.0 Å². The summed E-state index contributed by atoms with van der Waals surface area (Å²) in [6.45, 7) is 8.71. The Labute approximate surface area is 201 Å². The van der Waals surface area contributed by atoms with Crippen molar-refractivity contribution in [3.8, 4) is 5.75 Å². The molecule has 1 aliphatic heterocycles. The Morgan fingerprint density at radius 1 is 0.848 bits per heavy atom. The normalized spacial score (nSPS) is 15.5. The molecule has 0 N–H and O–H groups in total. The zero-order valence-electron chi connectivity index (χ0n) is 19.5. The van der Waals surface area contributed by atoms with E-state index >= 15 is 0 Å². The summed E-state index contributed by atoms with van der Waals surface area (Å²) in [6, 6.07) is 25.1. The standard InChI is InChI=1S/C28H31ClN2O2/c1-20-18-25(19-21(2)26(20)29)33-22(3)28(32)31-16-14-30(15-17-31)27(23-10-6-4-7-11-23)24-12-8-5-9-13-24/h4-13,18-19,22,27H,14-17H2,1-3H3/t22-/m1/s1. The molecule has 0 unspecified atom stereocenters. The molecule has 0 aliphatic carbocycles. The topological polar surface area (TPSA) is 32.8 Å². The monoisotopic (exact) mass is 462 g/mol. The SMILES string of the molecule is Cc1cc(O[C@H](C)C(=O)N2CCN(C(c3ccccc3)c3ccccc3)CC2)cc(C)c1Cl.